The van der Waals surface area contributed by atoms with E-state index >= 15 is 0 Å². The summed E-state index contributed by atoms with van der Waals surface area (Å²) in [5.41, 5.74) is 2.30. The van der Waals surface area contributed by atoms with Gasteiger partial charge in [-0.3, -0.25) is 9.78 Å². The van der Waals surface area contributed by atoms with Gasteiger partial charge in [-0.05, 0) is 18.6 Å². The molecule has 0 fully saturated rings. The van der Waals surface area contributed by atoms with Crippen molar-refractivity contribution in [2.24, 2.45) is 0 Å². The molecule has 0 saturated heterocycles. The van der Waals surface area contributed by atoms with E-state index < -0.39 is 0 Å². The zero-order valence-corrected chi connectivity index (χ0v) is 11.2. The topological polar surface area (TPSA) is 64.1 Å². The third kappa shape index (κ3) is 2.61. The van der Waals surface area contributed by atoms with Gasteiger partial charge in [-0.25, -0.2) is 4.98 Å². The molecule has 0 saturated carbocycles. The van der Waals surface area contributed by atoms with Gasteiger partial charge in [0.15, 0.2) is 0 Å². The average molecular weight is 269 g/mol. The number of amides is 1. The maximum Gasteiger partial charge on any atom is 0.271 e. The smallest absolute Gasteiger partial charge is 0.271 e. The van der Waals surface area contributed by atoms with Gasteiger partial charge in [-0.1, -0.05) is 18.2 Å². The molecule has 1 N–H and O–H groups in total. The van der Waals surface area contributed by atoms with Crippen LogP contribution in [0.3, 0.4) is 0 Å². The molecule has 20 heavy (non-hydrogen) atoms. The summed E-state index contributed by atoms with van der Waals surface area (Å²) in [6.07, 6.45) is 3.86. The molecule has 2 aromatic rings. The SMILES string of the molecule is Cc1cnc(C(=O)NC[C@@H]2Cc3ccccc3O2)cn1. The third-order valence-electron chi connectivity index (χ3n) is 3.22. The molecule has 0 radical (unpaired) electrons. The number of ether oxygens (including phenoxy) is 1. The van der Waals surface area contributed by atoms with Crippen molar-refractivity contribution in [1.82, 2.24) is 15.3 Å². The fourth-order valence-corrected chi connectivity index (χ4v) is 2.17. The van der Waals surface area contributed by atoms with Gasteiger partial charge in [0.2, 0.25) is 0 Å². The monoisotopic (exact) mass is 269 g/mol. The second-order valence-electron chi connectivity index (χ2n) is 4.80. The highest BCUT2D eigenvalue weighted by Gasteiger charge is 2.22. The van der Waals surface area contributed by atoms with Gasteiger partial charge >= 0.3 is 0 Å². The normalized spacial score (nSPS) is 16.4. The highest BCUT2D eigenvalue weighted by Crippen LogP contribution is 2.27. The van der Waals surface area contributed by atoms with Crippen LogP contribution in [0.2, 0.25) is 0 Å². The van der Waals surface area contributed by atoms with Crippen LogP contribution in [0, 0.1) is 6.92 Å². The van der Waals surface area contributed by atoms with Crippen LogP contribution >= 0.6 is 0 Å². The molecule has 2 heterocycles. The molecule has 1 aromatic carbocycles. The van der Waals surface area contributed by atoms with Crippen LogP contribution in [0.4, 0.5) is 0 Å². The minimum Gasteiger partial charge on any atom is -0.488 e. The summed E-state index contributed by atoms with van der Waals surface area (Å²) < 4.78 is 5.76. The number of rotatable bonds is 3. The van der Waals surface area contributed by atoms with Crippen LogP contribution in [0.15, 0.2) is 36.7 Å². The zero-order valence-electron chi connectivity index (χ0n) is 11.2. The highest BCUT2D eigenvalue weighted by molar-refractivity contribution is 5.91. The molecule has 1 amide bonds. The minimum atomic E-state index is -0.225. The number of hydrogen-bond donors (Lipinski definition) is 1. The Balaban J connectivity index is 1.56. The van der Waals surface area contributed by atoms with Gasteiger partial charge in [-0.2, -0.15) is 0 Å². The maximum atomic E-state index is 11.9. The molecule has 1 atom stereocenters. The fourth-order valence-electron chi connectivity index (χ4n) is 2.17. The Hall–Kier alpha value is -2.43. The largest absolute Gasteiger partial charge is 0.488 e. The van der Waals surface area contributed by atoms with Gasteiger partial charge in [-0.15, -0.1) is 0 Å². The molecule has 3 rings (SSSR count). The second-order valence-corrected chi connectivity index (χ2v) is 4.80. The Kier molecular flexibility index (Phi) is 3.33. The summed E-state index contributed by atoms with van der Waals surface area (Å²) in [6.45, 7) is 2.29. The van der Waals surface area contributed by atoms with Gasteiger partial charge in [0.25, 0.3) is 5.91 Å². The minimum absolute atomic E-state index is 0.0187. The number of fused-ring (bicyclic) bond motifs is 1. The Morgan fingerprint density at radius 1 is 1.35 bits per heavy atom. The molecule has 1 aliphatic rings. The van der Waals surface area contributed by atoms with E-state index in [0.717, 1.165) is 17.9 Å². The van der Waals surface area contributed by atoms with Crippen LogP contribution in [-0.2, 0) is 6.42 Å². The predicted octanol–water partition coefficient (Wildman–Crippen LogP) is 1.52. The van der Waals surface area contributed by atoms with E-state index in [1.807, 2.05) is 31.2 Å². The molecule has 0 aliphatic carbocycles. The molecule has 102 valence electrons. The van der Waals surface area contributed by atoms with E-state index in [1.54, 1.807) is 6.20 Å². The van der Waals surface area contributed by atoms with Crippen molar-refractivity contribution >= 4 is 5.91 Å². The second kappa shape index (κ2) is 5.28. The molecule has 0 spiro atoms. The van der Waals surface area contributed by atoms with Crippen molar-refractivity contribution in [2.45, 2.75) is 19.4 Å². The first-order valence-corrected chi connectivity index (χ1v) is 6.54. The lowest BCUT2D eigenvalue weighted by molar-refractivity contribution is 0.0928. The lowest BCUT2D eigenvalue weighted by atomic mass is 10.1. The van der Waals surface area contributed by atoms with E-state index in [4.69, 9.17) is 4.74 Å². The average Bonchev–Trinajstić information content (AvgIpc) is 2.88. The molecular formula is C15H15N3O2. The summed E-state index contributed by atoms with van der Waals surface area (Å²) in [7, 11) is 0. The fraction of sp³-hybridized carbons (Fsp3) is 0.267. The summed E-state index contributed by atoms with van der Waals surface area (Å²) >= 11 is 0. The summed E-state index contributed by atoms with van der Waals surface area (Å²) in [6, 6.07) is 7.93. The number of carbonyl (C=O) groups excluding carboxylic acids is 1. The summed E-state index contributed by atoms with van der Waals surface area (Å²) in [4.78, 5) is 20.0. The zero-order chi connectivity index (χ0) is 13.9. The lowest BCUT2D eigenvalue weighted by Gasteiger charge is -2.11. The molecule has 5 nitrogen and oxygen atoms in total. The van der Waals surface area contributed by atoms with Gasteiger partial charge in [0.1, 0.15) is 17.5 Å². The van der Waals surface area contributed by atoms with Crippen LogP contribution < -0.4 is 10.1 Å². The van der Waals surface area contributed by atoms with Crippen LogP contribution in [-0.4, -0.2) is 28.5 Å². The van der Waals surface area contributed by atoms with Crippen molar-refractivity contribution in [3.8, 4) is 5.75 Å². The van der Waals surface area contributed by atoms with Crippen molar-refractivity contribution in [1.29, 1.82) is 0 Å². The first-order chi connectivity index (χ1) is 9.72. The number of hydrogen-bond acceptors (Lipinski definition) is 4. The van der Waals surface area contributed by atoms with Crippen LogP contribution in [0.1, 0.15) is 21.7 Å². The first kappa shape index (κ1) is 12.6. The molecule has 1 aliphatic heterocycles. The molecule has 1 aromatic heterocycles. The van der Waals surface area contributed by atoms with Crippen molar-refractivity contribution in [3.05, 3.63) is 53.6 Å². The van der Waals surface area contributed by atoms with Crippen molar-refractivity contribution in [3.63, 3.8) is 0 Å². The van der Waals surface area contributed by atoms with E-state index in [2.05, 4.69) is 15.3 Å². The standard InChI is InChI=1S/C15H15N3O2/c1-10-7-17-13(9-16-10)15(19)18-8-12-6-11-4-2-3-5-14(11)20-12/h2-5,7,9,12H,6,8H2,1H3,(H,18,19)/t12-/m0/s1. The Labute approximate surface area is 117 Å². The Morgan fingerprint density at radius 3 is 2.95 bits per heavy atom. The maximum absolute atomic E-state index is 11.9. The van der Waals surface area contributed by atoms with E-state index in [-0.39, 0.29) is 12.0 Å². The number of carbonyl (C=O) groups is 1. The first-order valence-electron chi connectivity index (χ1n) is 6.54. The molecule has 0 unspecified atom stereocenters. The van der Waals surface area contributed by atoms with Gasteiger partial charge in [0, 0.05) is 12.6 Å². The molecule has 5 heteroatoms. The number of aromatic nitrogens is 2. The van der Waals surface area contributed by atoms with Gasteiger partial charge in [0.05, 0.1) is 18.4 Å². The number of nitrogens with zero attached hydrogens (tertiary/aromatic N) is 2. The highest BCUT2D eigenvalue weighted by atomic mass is 16.5. The van der Waals surface area contributed by atoms with E-state index in [9.17, 15) is 4.79 Å². The molecule has 0 bridgehead atoms. The number of nitrogens with one attached hydrogen (secondary N) is 1. The lowest BCUT2D eigenvalue weighted by Crippen LogP contribution is -2.34. The van der Waals surface area contributed by atoms with E-state index in [1.165, 1.54) is 11.8 Å². The third-order valence-corrected chi connectivity index (χ3v) is 3.22. The summed E-state index contributed by atoms with van der Waals surface area (Å²) in [5.74, 6) is 0.680. The van der Waals surface area contributed by atoms with Crippen LogP contribution in [0.25, 0.3) is 0 Å². The molecular weight excluding hydrogens is 254 g/mol. The number of benzene rings is 1. The Morgan fingerprint density at radius 2 is 2.20 bits per heavy atom. The van der Waals surface area contributed by atoms with Gasteiger partial charge < -0.3 is 10.1 Å². The van der Waals surface area contributed by atoms with Crippen LogP contribution in [0.5, 0.6) is 5.75 Å². The number of para-hydroxylation sites is 1. The Bertz CT molecular complexity index is 600. The predicted molar refractivity (Wildman–Crippen MR) is 73.7 cm³/mol. The van der Waals surface area contributed by atoms with Crippen molar-refractivity contribution < 1.29 is 9.53 Å². The van der Waals surface area contributed by atoms with E-state index in [0.29, 0.717) is 12.2 Å². The number of aryl methyl sites for hydroxylation is 1. The summed E-state index contributed by atoms with van der Waals surface area (Å²) in [5, 5.41) is 2.83. The quantitative estimate of drug-likeness (QED) is 0.917. The van der Waals surface area contributed by atoms with Crippen molar-refractivity contribution in [2.75, 3.05) is 6.54 Å².